The highest BCUT2D eigenvalue weighted by Gasteiger charge is 2.19. The van der Waals surface area contributed by atoms with Crippen molar-refractivity contribution in [1.29, 1.82) is 5.26 Å². The molecule has 30 heavy (non-hydrogen) atoms. The standard InChI is InChI=1S/C23H18ClFN2O3/c1-29-22-12-15(10-11-21(22)30-14-16-6-2-4-8-18(16)24)23(28)27-20(13-26)17-7-3-5-9-19(17)25/h2-12,20H,14H2,1H3,(H,27,28). The molecule has 1 unspecified atom stereocenters. The van der Waals surface area contributed by atoms with E-state index in [2.05, 4.69) is 5.32 Å². The number of hydrogen-bond acceptors (Lipinski definition) is 4. The van der Waals surface area contributed by atoms with Crippen molar-refractivity contribution in [3.05, 3.63) is 94.3 Å². The van der Waals surface area contributed by atoms with E-state index in [1.807, 2.05) is 24.3 Å². The van der Waals surface area contributed by atoms with E-state index in [0.29, 0.717) is 16.5 Å². The largest absolute Gasteiger partial charge is 0.493 e. The number of nitriles is 1. The van der Waals surface area contributed by atoms with Crippen molar-refractivity contribution in [2.45, 2.75) is 12.6 Å². The van der Waals surface area contributed by atoms with Gasteiger partial charge in [-0.1, -0.05) is 48.0 Å². The quantitative estimate of drug-likeness (QED) is 0.575. The average molecular weight is 425 g/mol. The Morgan fingerprint density at radius 2 is 1.87 bits per heavy atom. The van der Waals surface area contributed by atoms with Crippen molar-refractivity contribution in [2.24, 2.45) is 0 Å². The van der Waals surface area contributed by atoms with Crippen LogP contribution in [0.4, 0.5) is 4.39 Å². The van der Waals surface area contributed by atoms with E-state index >= 15 is 0 Å². The molecule has 0 aromatic heterocycles. The van der Waals surface area contributed by atoms with Gasteiger partial charge < -0.3 is 14.8 Å². The predicted molar refractivity (Wildman–Crippen MR) is 111 cm³/mol. The van der Waals surface area contributed by atoms with Crippen molar-refractivity contribution >= 4 is 17.5 Å². The van der Waals surface area contributed by atoms with Gasteiger partial charge in [-0.3, -0.25) is 4.79 Å². The van der Waals surface area contributed by atoms with Crippen molar-refractivity contribution in [3.63, 3.8) is 0 Å². The predicted octanol–water partition coefficient (Wildman–Crippen LogP) is 5.06. The van der Waals surface area contributed by atoms with Crippen molar-refractivity contribution in [2.75, 3.05) is 7.11 Å². The number of methoxy groups -OCH3 is 1. The van der Waals surface area contributed by atoms with E-state index in [1.165, 1.54) is 37.4 Å². The van der Waals surface area contributed by atoms with Gasteiger partial charge in [0.15, 0.2) is 11.5 Å². The second-order valence-electron chi connectivity index (χ2n) is 6.30. The highest BCUT2D eigenvalue weighted by Crippen LogP contribution is 2.30. The average Bonchev–Trinajstić information content (AvgIpc) is 2.77. The first-order chi connectivity index (χ1) is 14.5. The first kappa shape index (κ1) is 21.2. The molecule has 7 heteroatoms. The maximum Gasteiger partial charge on any atom is 0.252 e. The minimum Gasteiger partial charge on any atom is -0.493 e. The van der Waals surface area contributed by atoms with E-state index in [1.54, 1.807) is 18.2 Å². The fourth-order valence-corrected chi connectivity index (χ4v) is 2.99. The minimum absolute atomic E-state index is 0.0972. The number of nitrogens with one attached hydrogen (secondary N) is 1. The Balaban J connectivity index is 1.75. The van der Waals surface area contributed by atoms with Crippen LogP contribution in [-0.4, -0.2) is 13.0 Å². The molecular weight excluding hydrogens is 407 g/mol. The van der Waals surface area contributed by atoms with Gasteiger partial charge >= 0.3 is 0 Å². The molecule has 3 aromatic carbocycles. The number of nitrogens with zero attached hydrogens (tertiary/aromatic N) is 1. The smallest absolute Gasteiger partial charge is 0.252 e. The number of rotatable bonds is 7. The van der Waals surface area contributed by atoms with Crippen molar-refractivity contribution in [1.82, 2.24) is 5.32 Å². The Morgan fingerprint density at radius 3 is 2.57 bits per heavy atom. The van der Waals surface area contributed by atoms with Crippen LogP contribution in [0.5, 0.6) is 11.5 Å². The molecule has 3 aromatic rings. The Kier molecular flexibility index (Phi) is 6.89. The summed E-state index contributed by atoms with van der Waals surface area (Å²) in [6.45, 7) is 0.228. The zero-order valence-electron chi connectivity index (χ0n) is 16.1. The molecule has 0 aliphatic rings. The molecule has 0 spiro atoms. The number of amides is 1. The number of hydrogen-bond donors (Lipinski definition) is 1. The number of ether oxygens (including phenoxy) is 2. The Labute approximate surface area is 178 Å². The van der Waals surface area contributed by atoms with E-state index in [-0.39, 0.29) is 17.7 Å². The lowest BCUT2D eigenvalue weighted by atomic mass is 10.1. The molecule has 0 saturated carbocycles. The molecule has 0 fully saturated rings. The number of carbonyl (C=O) groups excluding carboxylic acids is 1. The van der Waals surface area contributed by atoms with Crippen LogP contribution in [0, 0.1) is 17.1 Å². The molecule has 1 amide bonds. The summed E-state index contributed by atoms with van der Waals surface area (Å²) in [7, 11) is 1.46. The topological polar surface area (TPSA) is 71.3 Å². The van der Waals surface area contributed by atoms with Gasteiger partial charge in [0.25, 0.3) is 5.91 Å². The fourth-order valence-electron chi connectivity index (χ4n) is 2.80. The minimum atomic E-state index is -1.12. The molecule has 0 aliphatic carbocycles. The lowest BCUT2D eigenvalue weighted by Gasteiger charge is -2.15. The van der Waals surface area contributed by atoms with Crippen molar-refractivity contribution < 1.29 is 18.7 Å². The fraction of sp³-hybridized carbons (Fsp3) is 0.130. The molecule has 5 nitrogen and oxygen atoms in total. The zero-order chi connectivity index (χ0) is 21.5. The summed E-state index contributed by atoms with van der Waals surface area (Å²) in [5.41, 5.74) is 1.15. The van der Waals surface area contributed by atoms with Crippen LogP contribution in [0.25, 0.3) is 0 Å². The first-order valence-electron chi connectivity index (χ1n) is 9.02. The normalized spacial score (nSPS) is 11.3. The Hall–Kier alpha value is -3.56. The summed E-state index contributed by atoms with van der Waals surface area (Å²) in [5.74, 6) is -0.333. The molecule has 0 radical (unpaired) electrons. The lowest BCUT2D eigenvalue weighted by molar-refractivity contribution is 0.0944. The SMILES string of the molecule is COc1cc(C(=O)NC(C#N)c2ccccc2F)ccc1OCc1ccccc1Cl. The maximum absolute atomic E-state index is 14.0. The van der Waals surface area contributed by atoms with Gasteiger partial charge in [0.2, 0.25) is 0 Å². The second-order valence-corrected chi connectivity index (χ2v) is 6.71. The Morgan fingerprint density at radius 1 is 1.13 bits per heavy atom. The van der Waals surface area contributed by atoms with Crippen LogP contribution < -0.4 is 14.8 Å². The Bertz CT molecular complexity index is 1100. The second kappa shape index (κ2) is 9.77. The van der Waals surface area contributed by atoms with Crippen LogP contribution in [0.3, 0.4) is 0 Å². The zero-order valence-corrected chi connectivity index (χ0v) is 16.8. The summed E-state index contributed by atoms with van der Waals surface area (Å²) >= 11 is 6.14. The highest BCUT2D eigenvalue weighted by atomic mass is 35.5. The van der Waals surface area contributed by atoms with Gasteiger partial charge in [-0.25, -0.2) is 4.39 Å². The third-order valence-electron chi connectivity index (χ3n) is 4.39. The summed E-state index contributed by atoms with van der Waals surface area (Å²) < 4.78 is 25.1. The molecule has 152 valence electrons. The van der Waals surface area contributed by atoms with E-state index in [9.17, 15) is 14.4 Å². The molecule has 0 bridgehead atoms. The number of benzene rings is 3. The van der Waals surface area contributed by atoms with Gasteiger partial charge in [-0.2, -0.15) is 5.26 Å². The summed E-state index contributed by atoms with van der Waals surface area (Å²) in [5, 5.41) is 12.5. The van der Waals surface area contributed by atoms with Crippen LogP contribution in [-0.2, 0) is 6.61 Å². The summed E-state index contributed by atoms with van der Waals surface area (Å²) in [6, 6.07) is 18.5. The highest BCUT2D eigenvalue weighted by molar-refractivity contribution is 6.31. The molecular formula is C23H18ClFN2O3. The first-order valence-corrected chi connectivity index (χ1v) is 9.40. The van der Waals surface area contributed by atoms with Gasteiger partial charge in [-0.05, 0) is 30.3 Å². The van der Waals surface area contributed by atoms with E-state index in [4.69, 9.17) is 21.1 Å². The maximum atomic E-state index is 14.0. The third kappa shape index (κ3) is 4.88. The number of halogens is 2. The monoisotopic (exact) mass is 424 g/mol. The van der Waals surface area contributed by atoms with E-state index in [0.717, 1.165) is 5.56 Å². The summed E-state index contributed by atoms with van der Waals surface area (Å²) in [4.78, 5) is 12.6. The van der Waals surface area contributed by atoms with Gasteiger partial charge in [-0.15, -0.1) is 0 Å². The third-order valence-corrected chi connectivity index (χ3v) is 4.76. The van der Waals surface area contributed by atoms with E-state index < -0.39 is 17.8 Å². The summed E-state index contributed by atoms with van der Waals surface area (Å²) in [6.07, 6.45) is 0. The van der Waals surface area contributed by atoms with Crippen LogP contribution in [0.2, 0.25) is 5.02 Å². The number of carbonyl (C=O) groups is 1. The molecule has 1 N–H and O–H groups in total. The molecule has 0 aliphatic heterocycles. The lowest BCUT2D eigenvalue weighted by Crippen LogP contribution is -2.28. The molecule has 3 rings (SSSR count). The van der Waals surface area contributed by atoms with Gasteiger partial charge in [0.1, 0.15) is 18.5 Å². The van der Waals surface area contributed by atoms with Gasteiger partial charge in [0, 0.05) is 21.7 Å². The van der Waals surface area contributed by atoms with Crippen LogP contribution >= 0.6 is 11.6 Å². The molecule has 1 atom stereocenters. The van der Waals surface area contributed by atoms with Crippen LogP contribution in [0.15, 0.2) is 66.7 Å². The molecule has 0 heterocycles. The van der Waals surface area contributed by atoms with Crippen LogP contribution in [0.1, 0.15) is 27.5 Å². The molecule has 0 saturated heterocycles. The van der Waals surface area contributed by atoms with Gasteiger partial charge in [0.05, 0.1) is 13.2 Å². The van der Waals surface area contributed by atoms with Crippen molar-refractivity contribution in [3.8, 4) is 17.6 Å².